The largest absolute Gasteiger partial charge is 0.416 e. The topological polar surface area (TPSA) is 47.3 Å². The first-order valence-electron chi connectivity index (χ1n) is 7.36. The van der Waals surface area contributed by atoms with E-state index in [-0.39, 0.29) is 0 Å². The molecule has 1 aliphatic rings. The van der Waals surface area contributed by atoms with Gasteiger partial charge in [0.2, 0.25) is 0 Å². The standard InChI is InChI=1S/C17H15F3N2O/c18-17(19,20)16(23)15-5-2-8-22(15)13-6-7-14-11(9-13)3-1-4-12(14)10-21/h1,3-4,6-7,9,15-16,23H,2,5,8H2/t15-,16+/m1/s1. The summed E-state index contributed by atoms with van der Waals surface area (Å²) in [6.45, 7) is 0.473. The number of hydrogen-bond donors (Lipinski definition) is 1. The van der Waals surface area contributed by atoms with Gasteiger partial charge in [0, 0.05) is 12.2 Å². The summed E-state index contributed by atoms with van der Waals surface area (Å²) in [7, 11) is 0. The Labute approximate surface area is 131 Å². The van der Waals surface area contributed by atoms with Crippen molar-refractivity contribution in [2.75, 3.05) is 11.4 Å². The predicted molar refractivity (Wildman–Crippen MR) is 81.1 cm³/mol. The highest BCUT2D eigenvalue weighted by molar-refractivity contribution is 5.90. The van der Waals surface area contributed by atoms with Gasteiger partial charge in [0.15, 0.2) is 6.10 Å². The highest BCUT2D eigenvalue weighted by atomic mass is 19.4. The number of benzene rings is 2. The molecule has 0 spiro atoms. The van der Waals surface area contributed by atoms with Crippen LogP contribution in [0.4, 0.5) is 18.9 Å². The van der Waals surface area contributed by atoms with Crippen LogP contribution in [0.25, 0.3) is 10.8 Å². The third-order valence-electron chi connectivity index (χ3n) is 4.32. The number of hydrogen-bond acceptors (Lipinski definition) is 3. The van der Waals surface area contributed by atoms with Gasteiger partial charge in [-0.1, -0.05) is 18.2 Å². The minimum absolute atomic E-state index is 0.303. The Bertz CT molecular complexity index is 767. The minimum Gasteiger partial charge on any atom is -0.382 e. The summed E-state index contributed by atoms with van der Waals surface area (Å²) >= 11 is 0. The van der Waals surface area contributed by atoms with Crippen molar-refractivity contribution in [1.82, 2.24) is 0 Å². The van der Waals surface area contributed by atoms with E-state index in [1.165, 1.54) is 0 Å². The summed E-state index contributed by atoms with van der Waals surface area (Å²) in [6.07, 6.45) is -6.07. The molecule has 6 heteroatoms. The molecule has 3 rings (SSSR count). The number of halogens is 3. The van der Waals surface area contributed by atoms with Crippen LogP contribution in [0.2, 0.25) is 0 Å². The van der Waals surface area contributed by atoms with Gasteiger partial charge in [-0.2, -0.15) is 18.4 Å². The van der Waals surface area contributed by atoms with Crippen molar-refractivity contribution in [2.45, 2.75) is 31.2 Å². The van der Waals surface area contributed by atoms with E-state index in [0.29, 0.717) is 30.6 Å². The fourth-order valence-corrected chi connectivity index (χ4v) is 3.21. The monoisotopic (exact) mass is 320 g/mol. The summed E-state index contributed by atoms with van der Waals surface area (Å²) in [5.74, 6) is 0. The molecule has 2 atom stereocenters. The van der Waals surface area contributed by atoms with Gasteiger partial charge >= 0.3 is 6.18 Å². The van der Waals surface area contributed by atoms with Gasteiger partial charge in [-0.25, -0.2) is 0 Å². The molecule has 1 aliphatic heterocycles. The third-order valence-corrected chi connectivity index (χ3v) is 4.32. The van der Waals surface area contributed by atoms with Crippen LogP contribution in [0.15, 0.2) is 36.4 Å². The molecular formula is C17H15F3N2O. The Hall–Kier alpha value is -2.26. The first-order chi connectivity index (χ1) is 10.9. The van der Waals surface area contributed by atoms with E-state index in [1.807, 2.05) is 6.07 Å². The molecular weight excluding hydrogens is 305 g/mol. The quantitative estimate of drug-likeness (QED) is 0.919. The van der Waals surface area contributed by atoms with Crippen LogP contribution in [0.1, 0.15) is 18.4 Å². The Balaban J connectivity index is 1.98. The first-order valence-corrected chi connectivity index (χ1v) is 7.36. The number of aliphatic hydroxyl groups is 1. The summed E-state index contributed by atoms with van der Waals surface area (Å²) in [6, 6.07) is 11.6. The van der Waals surface area contributed by atoms with Gasteiger partial charge in [-0.05, 0) is 41.8 Å². The van der Waals surface area contributed by atoms with Crippen molar-refractivity contribution in [1.29, 1.82) is 5.26 Å². The smallest absolute Gasteiger partial charge is 0.382 e. The molecule has 3 nitrogen and oxygen atoms in total. The van der Waals surface area contributed by atoms with Gasteiger partial charge in [0.1, 0.15) is 0 Å². The van der Waals surface area contributed by atoms with Crippen LogP contribution in [0.3, 0.4) is 0 Å². The van der Waals surface area contributed by atoms with Crippen LogP contribution >= 0.6 is 0 Å². The van der Waals surface area contributed by atoms with E-state index < -0.39 is 18.3 Å². The lowest BCUT2D eigenvalue weighted by atomic mass is 10.0. The summed E-state index contributed by atoms with van der Waals surface area (Å²) in [5, 5.41) is 20.3. The second-order valence-corrected chi connectivity index (χ2v) is 5.71. The van der Waals surface area contributed by atoms with Crippen molar-refractivity contribution in [3.8, 4) is 6.07 Å². The van der Waals surface area contributed by atoms with Crippen molar-refractivity contribution >= 4 is 16.5 Å². The van der Waals surface area contributed by atoms with Crippen molar-refractivity contribution in [2.24, 2.45) is 0 Å². The number of nitriles is 1. The van der Waals surface area contributed by atoms with Crippen LogP contribution in [0.5, 0.6) is 0 Å². The highest BCUT2D eigenvalue weighted by Crippen LogP contribution is 2.35. The maximum absolute atomic E-state index is 12.8. The van der Waals surface area contributed by atoms with E-state index in [4.69, 9.17) is 5.26 Å². The molecule has 0 amide bonds. The van der Waals surface area contributed by atoms with Crippen LogP contribution < -0.4 is 4.90 Å². The molecule has 120 valence electrons. The molecule has 1 saturated heterocycles. The zero-order valence-electron chi connectivity index (χ0n) is 12.2. The summed E-state index contributed by atoms with van der Waals surface area (Å²) in [4.78, 5) is 1.61. The maximum Gasteiger partial charge on any atom is 0.416 e. The molecule has 0 saturated carbocycles. The van der Waals surface area contributed by atoms with E-state index >= 15 is 0 Å². The molecule has 0 radical (unpaired) electrons. The normalized spacial score (nSPS) is 19.8. The third kappa shape index (κ3) is 2.84. The number of aliphatic hydroxyl groups excluding tert-OH is 1. The Morgan fingerprint density at radius 2 is 2.04 bits per heavy atom. The molecule has 1 fully saturated rings. The fourth-order valence-electron chi connectivity index (χ4n) is 3.21. The van der Waals surface area contributed by atoms with E-state index in [2.05, 4.69) is 6.07 Å². The molecule has 0 bridgehead atoms. The molecule has 0 aliphatic carbocycles. The second-order valence-electron chi connectivity index (χ2n) is 5.71. The summed E-state index contributed by atoms with van der Waals surface area (Å²) in [5.41, 5.74) is 1.17. The van der Waals surface area contributed by atoms with Gasteiger partial charge < -0.3 is 10.0 Å². The SMILES string of the molecule is N#Cc1cccc2cc(N3CCC[C@@H]3[C@H](O)C(F)(F)F)ccc12. The van der Waals surface area contributed by atoms with Gasteiger partial charge in [-0.3, -0.25) is 0 Å². The number of rotatable bonds is 2. The Morgan fingerprint density at radius 1 is 1.26 bits per heavy atom. The number of fused-ring (bicyclic) bond motifs is 1. The lowest BCUT2D eigenvalue weighted by Crippen LogP contribution is -2.47. The average molecular weight is 320 g/mol. The van der Waals surface area contributed by atoms with Gasteiger partial charge in [0.25, 0.3) is 0 Å². The highest BCUT2D eigenvalue weighted by Gasteiger charge is 2.47. The van der Waals surface area contributed by atoms with Crippen LogP contribution in [0, 0.1) is 11.3 Å². The molecule has 1 heterocycles. The number of alkyl halides is 3. The molecule has 0 unspecified atom stereocenters. The van der Waals surface area contributed by atoms with E-state index in [9.17, 15) is 18.3 Å². The molecule has 1 N–H and O–H groups in total. The van der Waals surface area contributed by atoms with Crippen molar-refractivity contribution < 1.29 is 18.3 Å². The van der Waals surface area contributed by atoms with Crippen LogP contribution in [-0.2, 0) is 0 Å². The number of nitrogens with zero attached hydrogens (tertiary/aromatic N) is 2. The van der Waals surface area contributed by atoms with Gasteiger partial charge in [0.05, 0.1) is 17.7 Å². The van der Waals surface area contributed by atoms with Crippen LogP contribution in [-0.4, -0.2) is 30.0 Å². The predicted octanol–water partition coefficient (Wildman–Crippen LogP) is 3.60. The van der Waals surface area contributed by atoms with E-state index in [0.717, 1.165) is 10.8 Å². The van der Waals surface area contributed by atoms with Crippen molar-refractivity contribution in [3.05, 3.63) is 42.0 Å². The maximum atomic E-state index is 12.8. The average Bonchev–Trinajstić information content (AvgIpc) is 3.01. The molecule has 2 aromatic rings. The van der Waals surface area contributed by atoms with Gasteiger partial charge in [-0.15, -0.1) is 0 Å². The Morgan fingerprint density at radius 3 is 2.74 bits per heavy atom. The lowest BCUT2D eigenvalue weighted by molar-refractivity contribution is -0.209. The van der Waals surface area contributed by atoms with E-state index in [1.54, 1.807) is 35.2 Å². The minimum atomic E-state index is -4.63. The zero-order valence-corrected chi connectivity index (χ0v) is 12.2. The molecule has 2 aromatic carbocycles. The summed E-state index contributed by atoms with van der Waals surface area (Å²) < 4.78 is 38.5. The lowest BCUT2D eigenvalue weighted by Gasteiger charge is -2.31. The Kier molecular flexibility index (Phi) is 3.90. The van der Waals surface area contributed by atoms with Crippen molar-refractivity contribution in [3.63, 3.8) is 0 Å². The molecule has 0 aromatic heterocycles. The first kappa shape index (κ1) is 15.6. The second kappa shape index (κ2) is 5.74. The zero-order chi connectivity index (χ0) is 16.6. The number of anilines is 1. The molecule has 23 heavy (non-hydrogen) atoms. The fraction of sp³-hybridized carbons (Fsp3) is 0.353.